The fraction of sp³-hybridized carbons (Fsp3) is 0.212. The van der Waals surface area contributed by atoms with E-state index in [0.717, 1.165) is 16.7 Å². The zero-order valence-electron chi connectivity index (χ0n) is 22.8. The first-order valence-electron chi connectivity index (χ1n) is 13.0. The Kier molecular flexibility index (Phi) is 8.31. The minimum absolute atomic E-state index is 0.0868. The number of anilines is 2. The average Bonchev–Trinajstić information content (AvgIpc) is 3.28. The van der Waals surface area contributed by atoms with E-state index in [1.54, 1.807) is 10.9 Å². The summed E-state index contributed by atoms with van der Waals surface area (Å²) in [7, 11) is 1.84. The standard InChI is InChI=1S/C33H34N5O/c1-32(2,3)22-20-25(21-23-34)31(39)36-29-24-35-38(4)30(29)37-33(26-14-8-5-9-15-26,27-16-10-6-11-17-27)28-18-12-7-13-19-28/h5-19,21-22,24,37H,20H2,1-4H3,(H,36,39)/b25-21+. The van der Waals surface area contributed by atoms with Gasteiger partial charge in [-0.25, -0.2) is 0 Å². The minimum Gasteiger partial charge on any atom is -0.351 e. The number of aryl methyl sites for hydroxylation is 1. The highest BCUT2D eigenvalue weighted by Crippen LogP contribution is 2.41. The van der Waals surface area contributed by atoms with Crippen molar-refractivity contribution in [1.82, 2.24) is 9.78 Å². The summed E-state index contributed by atoms with van der Waals surface area (Å²) >= 11 is 0. The van der Waals surface area contributed by atoms with Gasteiger partial charge in [0.1, 0.15) is 17.0 Å². The van der Waals surface area contributed by atoms with Crippen molar-refractivity contribution in [2.75, 3.05) is 10.6 Å². The van der Waals surface area contributed by atoms with Gasteiger partial charge < -0.3 is 10.6 Å². The van der Waals surface area contributed by atoms with Gasteiger partial charge in [-0.1, -0.05) is 112 Å². The molecule has 4 aromatic rings. The molecule has 39 heavy (non-hydrogen) atoms. The number of hydrogen-bond donors (Lipinski definition) is 2. The average molecular weight is 517 g/mol. The Morgan fingerprint density at radius 3 is 1.82 bits per heavy atom. The Labute approximate surface area is 231 Å². The van der Waals surface area contributed by atoms with Crippen molar-refractivity contribution >= 4 is 17.4 Å². The van der Waals surface area contributed by atoms with E-state index in [-0.39, 0.29) is 11.3 Å². The van der Waals surface area contributed by atoms with Gasteiger partial charge in [0.15, 0.2) is 0 Å². The maximum atomic E-state index is 13.3. The number of aromatic nitrogens is 2. The Balaban J connectivity index is 1.80. The van der Waals surface area contributed by atoms with Gasteiger partial charge in [-0.05, 0) is 34.9 Å². The van der Waals surface area contributed by atoms with Crippen molar-refractivity contribution in [3.8, 4) is 6.07 Å². The molecule has 0 saturated carbocycles. The van der Waals surface area contributed by atoms with E-state index >= 15 is 0 Å². The van der Waals surface area contributed by atoms with E-state index in [1.165, 1.54) is 6.08 Å². The van der Waals surface area contributed by atoms with Crippen molar-refractivity contribution < 1.29 is 4.79 Å². The van der Waals surface area contributed by atoms with Gasteiger partial charge in [0.25, 0.3) is 5.91 Å². The van der Waals surface area contributed by atoms with E-state index in [4.69, 9.17) is 0 Å². The molecule has 1 amide bonds. The normalized spacial score (nSPS) is 12.0. The molecule has 6 heteroatoms. The zero-order valence-corrected chi connectivity index (χ0v) is 22.8. The second-order valence-corrected chi connectivity index (χ2v) is 10.5. The van der Waals surface area contributed by atoms with Crippen LogP contribution in [0, 0.1) is 23.2 Å². The predicted molar refractivity (Wildman–Crippen MR) is 157 cm³/mol. The van der Waals surface area contributed by atoms with E-state index in [2.05, 4.69) is 72.9 Å². The third-order valence-corrected chi connectivity index (χ3v) is 6.58. The molecule has 1 aromatic heterocycles. The molecule has 0 aliphatic carbocycles. The molecule has 4 rings (SSSR count). The van der Waals surface area contributed by atoms with Crippen molar-refractivity contribution in [3.63, 3.8) is 0 Å². The van der Waals surface area contributed by atoms with Gasteiger partial charge in [-0.2, -0.15) is 10.4 Å². The van der Waals surface area contributed by atoms with Gasteiger partial charge in [0.05, 0.1) is 12.3 Å². The molecule has 6 nitrogen and oxygen atoms in total. The van der Waals surface area contributed by atoms with Crippen LogP contribution in [0.15, 0.2) is 109 Å². The van der Waals surface area contributed by atoms with Crippen LogP contribution < -0.4 is 10.6 Å². The van der Waals surface area contributed by atoms with Crippen LogP contribution >= 0.6 is 0 Å². The zero-order chi connectivity index (χ0) is 27.9. The molecule has 2 N–H and O–H groups in total. The highest BCUT2D eigenvalue weighted by atomic mass is 16.1. The molecule has 1 heterocycles. The number of carbonyl (C=O) groups is 1. The van der Waals surface area contributed by atoms with Crippen LogP contribution in [0.4, 0.5) is 11.5 Å². The summed E-state index contributed by atoms with van der Waals surface area (Å²) in [5, 5.41) is 20.6. The smallest absolute Gasteiger partial charge is 0.252 e. The number of carbonyl (C=O) groups excluding carboxylic acids is 1. The molecule has 3 aromatic carbocycles. The Hall–Kier alpha value is -4.63. The summed E-state index contributed by atoms with van der Waals surface area (Å²) in [4.78, 5) is 13.3. The maximum absolute atomic E-state index is 13.3. The summed E-state index contributed by atoms with van der Waals surface area (Å²) in [5.41, 5.74) is 3.14. The first-order chi connectivity index (χ1) is 18.7. The number of rotatable bonds is 9. The quantitative estimate of drug-likeness (QED) is 0.145. The lowest BCUT2D eigenvalue weighted by Crippen LogP contribution is -2.39. The van der Waals surface area contributed by atoms with E-state index in [1.807, 2.05) is 74.1 Å². The Bertz CT molecular complexity index is 1360. The van der Waals surface area contributed by atoms with E-state index in [9.17, 15) is 10.1 Å². The molecule has 0 spiro atoms. The van der Waals surface area contributed by atoms with Crippen LogP contribution in [0.25, 0.3) is 0 Å². The molecular weight excluding hydrogens is 482 g/mol. The highest BCUT2D eigenvalue weighted by molar-refractivity contribution is 6.05. The predicted octanol–water partition coefficient (Wildman–Crippen LogP) is 6.85. The van der Waals surface area contributed by atoms with Crippen LogP contribution in [0.3, 0.4) is 0 Å². The summed E-state index contributed by atoms with van der Waals surface area (Å²) in [6, 6.07) is 32.7. The third kappa shape index (κ3) is 6.27. The first-order valence-corrected chi connectivity index (χ1v) is 13.0. The topological polar surface area (TPSA) is 82.7 Å². The van der Waals surface area contributed by atoms with Crippen LogP contribution in [-0.2, 0) is 17.4 Å². The molecule has 0 atom stereocenters. The van der Waals surface area contributed by atoms with Gasteiger partial charge in [-0.3, -0.25) is 9.48 Å². The second-order valence-electron chi connectivity index (χ2n) is 10.5. The lowest BCUT2D eigenvalue weighted by Gasteiger charge is -2.38. The Morgan fingerprint density at radius 1 is 0.897 bits per heavy atom. The number of nitrogens with zero attached hydrogens (tertiary/aromatic N) is 3. The largest absolute Gasteiger partial charge is 0.351 e. The molecule has 197 valence electrons. The number of hydrogen-bond acceptors (Lipinski definition) is 4. The van der Waals surface area contributed by atoms with E-state index < -0.39 is 5.54 Å². The summed E-state index contributed by atoms with van der Waals surface area (Å²) < 4.78 is 1.72. The lowest BCUT2D eigenvalue weighted by molar-refractivity contribution is -0.112. The number of benzene rings is 3. The Morgan fingerprint density at radius 2 is 1.38 bits per heavy atom. The molecule has 0 aliphatic rings. The maximum Gasteiger partial charge on any atom is 0.252 e. The lowest BCUT2D eigenvalue weighted by atomic mass is 9.77. The van der Waals surface area contributed by atoms with Gasteiger partial charge >= 0.3 is 0 Å². The van der Waals surface area contributed by atoms with Crippen LogP contribution in [0.5, 0.6) is 0 Å². The third-order valence-electron chi connectivity index (χ3n) is 6.58. The van der Waals surface area contributed by atoms with Crippen molar-refractivity contribution in [3.05, 3.63) is 132 Å². The summed E-state index contributed by atoms with van der Waals surface area (Å²) in [6.45, 7) is 6.19. The number of amides is 1. The fourth-order valence-electron chi connectivity index (χ4n) is 4.55. The molecule has 0 saturated heterocycles. The number of nitriles is 1. The van der Waals surface area contributed by atoms with Crippen molar-refractivity contribution in [1.29, 1.82) is 5.26 Å². The van der Waals surface area contributed by atoms with Crippen LogP contribution in [0.1, 0.15) is 43.9 Å². The van der Waals surface area contributed by atoms with Gasteiger partial charge in [-0.15, -0.1) is 0 Å². The molecule has 0 aliphatic heterocycles. The fourth-order valence-corrected chi connectivity index (χ4v) is 4.55. The minimum atomic E-state index is -0.789. The van der Waals surface area contributed by atoms with Crippen LogP contribution in [0.2, 0.25) is 0 Å². The SMILES string of the molecule is Cn1ncc(NC(=O)/C(=C/C#N)C[CH]C(C)(C)C)c1NC(c1ccccc1)(c1ccccc1)c1ccccc1. The molecular formula is C33H34N5O. The van der Waals surface area contributed by atoms with Gasteiger partial charge in [0, 0.05) is 18.7 Å². The molecule has 1 radical (unpaired) electrons. The number of allylic oxidation sites excluding steroid dienone is 1. The van der Waals surface area contributed by atoms with Crippen molar-refractivity contribution in [2.45, 2.75) is 32.7 Å². The van der Waals surface area contributed by atoms with Crippen molar-refractivity contribution in [2.24, 2.45) is 12.5 Å². The summed E-state index contributed by atoms with van der Waals surface area (Å²) in [6.07, 6.45) is 5.35. The molecule has 0 unspecified atom stereocenters. The highest BCUT2D eigenvalue weighted by Gasteiger charge is 2.38. The van der Waals surface area contributed by atoms with Crippen LogP contribution in [-0.4, -0.2) is 15.7 Å². The summed E-state index contributed by atoms with van der Waals surface area (Å²) in [5.74, 6) is 0.300. The van der Waals surface area contributed by atoms with E-state index in [0.29, 0.717) is 23.5 Å². The molecule has 0 bridgehead atoms. The van der Waals surface area contributed by atoms with Gasteiger partial charge in [0.2, 0.25) is 0 Å². The first kappa shape index (κ1) is 27.4. The monoisotopic (exact) mass is 516 g/mol. The second kappa shape index (κ2) is 11.8. The molecule has 0 fully saturated rings. The number of nitrogens with one attached hydrogen (secondary N) is 2.